The fourth-order valence-corrected chi connectivity index (χ4v) is 5.70. The number of aromatic nitrogens is 2. The Morgan fingerprint density at radius 3 is 2.74 bits per heavy atom. The maximum absolute atomic E-state index is 15.2. The van der Waals surface area contributed by atoms with E-state index in [4.69, 9.17) is 0 Å². The van der Waals surface area contributed by atoms with Crippen LogP contribution in [0.3, 0.4) is 0 Å². The molecule has 3 aliphatic heterocycles. The van der Waals surface area contributed by atoms with Crippen LogP contribution in [0.25, 0.3) is 11.0 Å². The molecule has 2 aromatic heterocycles. The second-order valence-corrected chi connectivity index (χ2v) is 9.69. The van der Waals surface area contributed by atoms with Crippen LogP contribution < -0.4 is 5.32 Å². The van der Waals surface area contributed by atoms with Gasteiger partial charge in [0, 0.05) is 43.0 Å². The normalized spacial score (nSPS) is 21.6. The fraction of sp³-hybridized carbons (Fsp3) is 0.385. The van der Waals surface area contributed by atoms with E-state index in [9.17, 15) is 14.4 Å². The Morgan fingerprint density at radius 1 is 1.11 bits per heavy atom. The number of carbonyl (C=O) groups excluding carboxylic acids is 3. The molecule has 3 aliphatic rings. The first-order chi connectivity index (χ1) is 17.0. The molecule has 0 aliphatic carbocycles. The molecule has 2 fully saturated rings. The molecule has 2 saturated heterocycles. The molecule has 2 N–H and O–H groups in total. The predicted molar refractivity (Wildman–Crippen MR) is 126 cm³/mol. The number of amides is 3. The summed E-state index contributed by atoms with van der Waals surface area (Å²) in [7, 11) is 0. The van der Waals surface area contributed by atoms with Crippen LogP contribution in [0.1, 0.15) is 58.6 Å². The van der Waals surface area contributed by atoms with Crippen molar-refractivity contribution in [2.24, 2.45) is 0 Å². The third-order valence-corrected chi connectivity index (χ3v) is 7.58. The second kappa shape index (κ2) is 8.57. The number of likely N-dealkylation sites (tertiary alicyclic amines) is 1. The Kier molecular flexibility index (Phi) is 5.36. The van der Waals surface area contributed by atoms with Crippen molar-refractivity contribution in [2.45, 2.75) is 50.7 Å². The van der Waals surface area contributed by atoms with E-state index in [0.29, 0.717) is 17.5 Å². The second-order valence-electron chi connectivity index (χ2n) is 9.69. The molecule has 9 heteroatoms. The summed E-state index contributed by atoms with van der Waals surface area (Å²) in [4.78, 5) is 48.3. The molecule has 5 heterocycles. The van der Waals surface area contributed by atoms with Crippen LogP contribution in [0.5, 0.6) is 0 Å². The Morgan fingerprint density at radius 2 is 1.94 bits per heavy atom. The van der Waals surface area contributed by atoms with E-state index in [1.54, 1.807) is 6.20 Å². The Bertz CT molecular complexity index is 1340. The summed E-state index contributed by atoms with van der Waals surface area (Å²) in [6.07, 6.45) is 5.96. The van der Waals surface area contributed by atoms with E-state index in [2.05, 4.69) is 20.2 Å². The first kappa shape index (κ1) is 21.9. The quantitative estimate of drug-likeness (QED) is 0.566. The van der Waals surface area contributed by atoms with Gasteiger partial charge >= 0.3 is 0 Å². The van der Waals surface area contributed by atoms with Crippen LogP contribution in [0.2, 0.25) is 0 Å². The highest BCUT2D eigenvalue weighted by Gasteiger charge is 2.40. The van der Waals surface area contributed by atoms with Crippen molar-refractivity contribution in [3.8, 4) is 0 Å². The molecule has 0 saturated carbocycles. The number of piperidine rings is 2. The molecular weight excluding hydrogens is 449 g/mol. The highest BCUT2D eigenvalue weighted by atomic mass is 19.1. The van der Waals surface area contributed by atoms with Gasteiger partial charge in [0.25, 0.3) is 5.91 Å². The van der Waals surface area contributed by atoms with Crippen LogP contribution in [-0.2, 0) is 22.7 Å². The van der Waals surface area contributed by atoms with Crippen LogP contribution in [-0.4, -0.2) is 56.6 Å². The average Bonchev–Trinajstić information content (AvgIpc) is 3.40. The van der Waals surface area contributed by atoms with Crippen molar-refractivity contribution in [1.82, 2.24) is 25.1 Å². The van der Waals surface area contributed by atoms with Gasteiger partial charge < -0.3 is 9.88 Å². The Labute approximate surface area is 201 Å². The molecule has 0 bridgehead atoms. The van der Waals surface area contributed by atoms with Crippen molar-refractivity contribution >= 4 is 28.8 Å². The molecule has 3 amide bonds. The average molecular weight is 476 g/mol. The molecule has 1 atom stereocenters. The summed E-state index contributed by atoms with van der Waals surface area (Å²) < 4.78 is 15.2. The zero-order valence-electron chi connectivity index (χ0n) is 19.2. The maximum Gasteiger partial charge on any atom is 0.255 e. The van der Waals surface area contributed by atoms with Gasteiger partial charge in [-0.1, -0.05) is 6.07 Å². The number of halogens is 1. The first-order valence-corrected chi connectivity index (χ1v) is 12.1. The standard InChI is InChI=1S/C26H26FN5O3/c27-20-11-19-16(14-32(26(19)35)22-3-4-23(33)30-25(22)34)10-18(20)15-5-8-31(9-6-15)13-17-12-29-21-2-1-7-28-24(17)21/h1-2,7,10-12,15,22,29H,3-6,8-9,13-14H2,(H,30,33,34). The number of H-pyrrole nitrogens is 1. The maximum atomic E-state index is 15.2. The van der Waals surface area contributed by atoms with E-state index in [1.165, 1.54) is 11.0 Å². The third kappa shape index (κ3) is 3.89. The lowest BCUT2D eigenvalue weighted by Crippen LogP contribution is -2.52. The fourth-order valence-electron chi connectivity index (χ4n) is 5.70. The number of hydrogen-bond acceptors (Lipinski definition) is 5. The summed E-state index contributed by atoms with van der Waals surface area (Å²) in [5.74, 6) is -1.40. The number of benzene rings is 1. The third-order valence-electron chi connectivity index (χ3n) is 7.58. The van der Waals surface area contributed by atoms with Gasteiger partial charge in [0.05, 0.1) is 11.0 Å². The largest absolute Gasteiger partial charge is 0.360 e. The van der Waals surface area contributed by atoms with Gasteiger partial charge in [0.15, 0.2) is 0 Å². The number of nitrogens with zero attached hydrogens (tertiary/aromatic N) is 3. The SMILES string of the molecule is O=C1CCC(N2Cc3cc(C4CCN(Cc5c[nH]c6cccnc56)CC4)c(F)cc3C2=O)C(=O)N1. The van der Waals surface area contributed by atoms with Crippen molar-refractivity contribution < 1.29 is 18.8 Å². The summed E-state index contributed by atoms with van der Waals surface area (Å²) in [6.45, 7) is 2.76. The van der Waals surface area contributed by atoms with Gasteiger partial charge in [-0.25, -0.2) is 4.39 Å². The van der Waals surface area contributed by atoms with Gasteiger partial charge in [0.2, 0.25) is 11.8 Å². The zero-order valence-corrected chi connectivity index (χ0v) is 19.2. The predicted octanol–water partition coefficient (Wildman–Crippen LogP) is 2.84. The van der Waals surface area contributed by atoms with E-state index in [0.717, 1.165) is 54.6 Å². The molecule has 1 aromatic carbocycles. The summed E-state index contributed by atoms with van der Waals surface area (Å²) in [6, 6.07) is 6.39. The number of fused-ring (bicyclic) bond motifs is 2. The van der Waals surface area contributed by atoms with E-state index in [-0.39, 0.29) is 36.5 Å². The van der Waals surface area contributed by atoms with Gasteiger partial charge in [-0.2, -0.15) is 0 Å². The lowest BCUT2D eigenvalue weighted by Gasteiger charge is -2.32. The number of aromatic amines is 1. The molecular formula is C26H26FN5O3. The molecule has 3 aromatic rings. The van der Waals surface area contributed by atoms with Gasteiger partial charge in [-0.15, -0.1) is 0 Å². The molecule has 6 rings (SSSR count). The van der Waals surface area contributed by atoms with Gasteiger partial charge in [-0.3, -0.25) is 29.6 Å². The van der Waals surface area contributed by atoms with Crippen molar-refractivity contribution in [3.63, 3.8) is 0 Å². The monoisotopic (exact) mass is 475 g/mol. The van der Waals surface area contributed by atoms with Crippen LogP contribution >= 0.6 is 0 Å². The van der Waals surface area contributed by atoms with E-state index < -0.39 is 11.9 Å². The Hall–Kier alpha value is -3.59. The molecule has 0 spiro atoms. The van der Waals surface area contributed by atoms with Crippen molar-refractivity contribution in [1.29, 1.82) is 0 Å². The minimum absolute atomic E-state index is 0.0809. The first-order valence-electron chi connectivity index (χ1n) is 12.1. The lowest BCUT2D eigenvalue weighted by atomic mass is 9.87. The number of rotatable bonds is 4. The van der Waals surface area contributed by atoms with Gasteiger partial charge in [0.1, 0.15) is 11.9 Å². The topological polar surface area (TPSA) is 98.4 Å². The number of pyridine rings is 1. The zero-order chi connectivity index (χ0) is 24.1. The Balaban J connectivity index is 1.14. The van der Waals surface area contributed by atoms with Gasteiger partial charge in [-0.05, 0) is 67.6 Å². The molecule has 0 radical (unpaired) electrons. The van der Waals surface area contributed by atoms with Crippen LogP contribution in [0.4, 0.5) is 4.39 Å². The molecule has 1 unspecified atom stereocenters. The minimum atomic E-state index is -0.693. The smallest absolute Gasteiger partial charge is 0.255 e. The lowest BCUT2D eigenvalue weighted by molar-refractivity contribution is -0.136. The van der Waals surface area contributed by atoms with E-state index >= 15 is 4.39 Å². The van der Waals surface area contributed by atoms with Crippen LogP contribution in [0.15, 0.2) is 36.7 Å². The van der Waals surface area contributed by atoms with Crippen LogP contribution in [0, 0.1) is 5.82 Å². The number of imide groups is 1. The number of hydrogen-bond donors (Lipinski definition) is 2. The van der Waals surface area contributed by atoms with Crippen molar-refractivity contribution in [2.75, 3.05) is 13.1 Å². The molecule has 8 nitrogen and oxygen atoms in total. The van der Waals surface area contributed by atoms with Crippen molar-refractivity contribution in [3.05, 3.63) is 64.7 Å². The van der Waals surface area contributed by atoms with E-state index in [1.807, 2.05) is 24.4 Å². The number of carbonyl (C=O) groups is 3. The minimum Gasteiger partial charge on any atom is -0.360 e. The summed E-state index contributed by atoms with van der Waals surface area (Å²) in [5.41, 5.74) is 4.90. The number of nitrogens with one attached hydrogen (secondary N) is 2. The summed E-state index contributed by atoms with van der Waals surface area (Å²) in [5, 5.41) is 2.30. The highest BCUT2D eigenvalue weighted by molar-refractivity contribution is 6.05. The summed E-state index contributed by atoms with van der Waals surface area (Å²) >= 11 is 0. The molecule has 35 heavy (non-hydrogen) atoms. The molecule has 180 valence electrons. The highest BCUT2D eigenvalue weighted by Crippen LogP contribution is 2.36.